The Morgan fingerprint density at radius 3 is 2.04 bits per heavy atom. The lowest BCUT2D eigenvalue weighted by atomic mass is 9.76. The molecular formula is C22H25NO2. The first-order chi connectivity index (χ1) is 12.1. The summed E-state index contributed by atoms with van der Waals surface area (Å²) in [5.74, 6) is 0.531. The Balaban J connectivity index is 1.66. The van der Waals surface area contributed by atoms with Crippen molar-refractivity contribution in [1.29, 1.82) is 0 Å². The van der Waals surface area contributed by atoms with Crippen LogP contribution in [0.15, 0.2) is 60.7 Å². The van der Waals surface area contributed by atoms with Crippen LogP contribution < -0.4 is 0 Å². The monoisotopic (exact) mass is 335 g/mol. The molecule has 1 saturated carbocycles. The van der Waals surface area contributed by atoms with Crippen molar-refractivity contribution in [2.75, 3.05) is 13.6 Å². The highest BCUT2D eigenvalue weighted by Gasteiger charge is 2.48. The first-order valence-corrected chi connectivity index (χ1v) is 9.11. The van der Waals surface area contributed by atoms with E-state index in [1.165, 1.54) is 0 Å². The molecule has 2 aliphatic rings. The van der Waals surface area contributed by atoms with Crippen LogP contribution in [0.5, 0.6) is 0 Å². The van der Waals surface area contributed by atoms with E-state index < -0.39 is 5.41 Å². The number of likely N-dealkylation sites (tertiary alicyclic amines) is 1. The molecule has 0 aromatic heterocycles. The Morgan fingerprint density at radius 2 is 1.56 bits per heavy atom. The lowest BCUT2D eigenvalue weighted by Crippen LogP contribution is -2.45. The summed E-state index contributed by atoms with van der Waals surface area (Å²) in [6.07, 6.45) is 2.17. The molecule has 2 bridgehead atoms. The van der Waals surface area contributed by atoms with Crippen molar-refractivity contribution < 1.29 is 9.53 Å². The van der Waals surface area contributed by atoms with Gasteiger partial charge < -0.3 is 4.74 Å². The second kappa shape index (κ2) is 6.30. The minimum Gasteiger partial charge on any atom is -0.460 e. The SMILES string of the molecule is CN1C[C@H]2C[C@@H]1[C@H](OC(=O)C(C)(c1ccccc1)c1ccccc1)C2. The quantitative estimate of drug-likeness (QED) is 0.799. The molecule has 3 atom stereocenters. The number of esters is 1. The normalized spacial score (nSPS) is 25.9. The lowest BCUT2D eigenvalue weighted by Gasteiger charge is -2.34. The molecular weight excluding hydrogens is 310 g/mol. The zero-order valence-corrected chi connectivity index (χ0v) is 14.9. The maximum atomic E-state index is 13.4. The van der Waals surface area contributed by atoms with Gasteiger partial charge in [-0.15, -0.1) is 0 Å². The van der Waals surface area contributed by atoms with Crippen LogP contribution in [0, 0.1) is 5.92 Å². The van der Waals surface area contributed by atoms with Gasteiger partial charge in [0.25, 0.3) is 0 Å². The van der Waals surface area contributed by atoms with Crippen molar-refractivity contribution in [3.63, 3.8) is 0 Å². The molecule has 2 aromatic carbocycles. The van der Waals surface area contributed by atoms with E-state index >= 15 is 0 Å². The summed E-state index contributed by atoms with van der Waals surface area (Å²) >= 11 is 0. The Labute approximate surface area is 149 Å². The molecule has 1 aliphatic carbocycles. The van der Waals surface area contributed by atoms with Crippen molar-refractivity contribution in [2.45, 2.75) is 37.3 Å². The smallest absolute Gasteiger partial charge is 0.321 e. The van der Waals surface area contributed by atoms with Gasteiger partial charge in [0.05, 0.1) is 0 Å². The molecule has 0 N–H and O–H groups in total. The number of fused-ring (bicyclic) bond motifs is 2. The van der Waals surface area contributed by atoms with Gasteiger partial charge in [-0.2, -0.15) is 0 Å². The molecule has 3 nitrogen and oxygen atoms in total. The maximum absolute atomic E-state index is 13.4. The van der Waals surface area contributed by atoms with Crippen LogP contribution in [0.25, 0.3) is 0 Å². The molecule has 2 fully saturated rings. The van der Waals surface area contributed by atoms with Crippen LogP contribution in [0.1, 0.15) is 30.9 Å². The molecule has 4 rings (SSSR count). The fourth-order valence-corrected chi connectivity index (χ4v) is 4.56. The third kappa shape index (κ3) is 2.77. The number of carbonyl (C=O) groups is 1. The third-order valence-corrected chi connectivity index (χ3v) is 6.05. The minimum atomic E-state index is -0.789. The van der Waals surface area contributed by atoms with E-state index in [1.807, 2.05) is 67.6 Å². The van der Waals surface area contributed by atoms with Crippen molar-refractivity contribution in [1.82, 2.24) is 4.90 Å². The number of piperidine rings is 1. The van der Waals surface area contributed by atoms with Crippen LogP contribution in [-0.2, 0) is 14.9 Å². The summed E-state index contributed by atoms with van der Waals surface area (Å²) in [6.45, 7) is 3.12. The van der Waals surface area contributed by atoms with Gasteiger partial charge in [-0.25, -0.2) is 0 Å². The van der Waals surface area contributed by atoms with E-state index in [0.29, 0.717) is 12.0 Å². The Morgan fingerprint density at radius 1 is 1.00 bits per heavy atom. The maximum Gasteiger partial charge on any atom is 0.321 e. The van der Waals surface area contributed by atoms with Crippen molar-refractivity contribution >= 4 is 5.97 Å². The molecule has 0 unspecified atom stereocenters. The summed E-state index contributed by atoms with van der Waals surface area (Å²) < 4.78 is 6.11. The third-order valence-electron chi connectivity index (χ3n) is 6.05. The van der Waals surface area contributed by atoms with Crippen LogP contribution >= 0.6 is 0 Å². The van der Waals surface area contributed by atoms with Crippen LogP contribution in [-0.4, -0.2) is 36.6 Å². The molecule has 130 valence electrons. The zero-order chi connectivity index (χ0) is 17.4. The lowest BCUT2D eigenvalue weighted by molar-refractivity contribution is -0.157. The predicted molar refractivity (Wildman–Crippen MR) is 98.4 cm³/mol. The molecule has 0 amide bonds. The van der Waals surface area contributed by atoms with Gasteiger partial charge in [0.2, 0.25) is 0 Å². The highest BCUT2D eigenvalue weighted by molar-refractivity contribution is 5.87. The van der Waals surface area contributed by atoms with E-state index in [9.17, 15) is 4.79 Å². The highest BCUT2D eigenvalue weighted by Crippen LogP contribution is 2.40. The first kappa shape index (κ1) is 16.3. The number of rotatable bonds is 4. The minimum absolute atomic E-state index is 0.0167. The molecule has 0 radical (unpaired) electrons. The largest absolute Gasteiger partial charge is 0.460 e. The topological polar surface area (TPSA) is 29.5 Å². The summed E-state index contributed by atoms with van der Waals surface area (Å²) in [6, 6.07) is 20.3. The van der Waals surface area contributed by atoms with Crippen molar-refractivity contribution in [2.24, 2.45) is 5.92 Å². The average molecular weight is 335 g/mol. The van der Waals surface area contributed by atoms with Crippen LogP contribution in [0.2, 0.25) is 0 Å². The van der Waals surface area contributed by atoms with Crippen LogP contribution in [0.3, 0.4) is 0 Å². The number of ether oxygens (including phenoxy) is 1. The Bertz CT molecular complexity index is 704. The summed E-state index contributed by atoms with van der Waals surface area (Å²) in [4.78, 5) is 15.7. The Kier molecular flexibility index (Phi) is 4.12. The van der Waals surface area contributed by atoms with Gasteiger partial charge in [-0.05, 0) is 43.9 Å². The summed E-state index contributed by atoms with van der Waals surface area (Å²) in [7, 11) is 2.14. The second-order valence-corrected chi connectivity index (χ2v) is 7.65. The molecule has 1 aliphatic heterocycles. The number of benzene rings is 2. The van der Waals surface area contributed by atoms with Crippen LogP contribution in [0.4, 0.5) is 0 Å². The standard InChI is InChI=1S/C22H25NO2/c1-22(17-9-5-3-6-10-17,18-11-7-4-8-12-18)21(24)25-20-14-16-13-19(20)23(2)15-16/h3-12,16,19-20H,13-15H2,1-2H3/t16-,19+,20+/m0/s1. The first-order valence-electron chi connectivity index (χ1n) is 9.11. The number of nitrogens with zero attached hydrogens (tertiary/aromatic N) is 1. The van der Waals surface area contributed by atoms with Gasteiger partial charge in [0.1, 0.15) is 11.5 Å². The fraction of sp³-hybridized carbons (Fsp3) is 0.409. The van der Waals surface area contributed by atoms with E-state index in [0.717, 1.165) is 30.5 Å². The zero-order valence-electron chi connectivity index (χ0n) is 14.9. The molecule has 1 heterocycles. The van der Waals surface area contributed by atoms with Crippen molar-refractivity contribution in [3.05, 3.63) is 71.8 Å². The van der Waals surface area contributed by atoms with E-state index in [1.54, 1.807) is 0 Å². The molecule has 1 saturated heterocycles. The van der Waals surface area contributed by atoms with E-state index in [4.69, 9.17) is 4.74 Å². The van der Waals surface area contributed by atoms with Gasteiger partial charge in [-0.3, -0.25) is 9.69 Å². The second-order valence-electron chi connectivity index (χ2n) is 7.65. The van der Waals surface area contributed by atoms with Gasteiger partial charge in [-0.1, -0.05) is 60.7 Å². The Hall–Kier alpha value is -2.13. The molecule has 0 spiro atoms. The fourth-order valence-electron chi connectivity index (χ4n) is 4.56. The van der Waals surface area contributed by atoms with E-state index in [-0.39, 0.29) is 12.1 Å². The van der Waals surface area contributed by atoms with Gasteiger partial charge in [0, 0.05) is 12.6 Å². The van der Waals surface area contributed by atoms with Gasteiger partial charge in [0.15, 0.2) is 0 Å². The highest BCUT2D eigenvalue weighted by atomic mass is 16.5. The molecule has 2 aromatic rings. The number of likely N-dealkylation sites (N-methyl/N-ethyl adjacent to an activating group) is 1. The molecule has 3 heteroatoms. The number of hydrogen-bond acceptors (Lipinski definition) is 3. The molecule has 25 heavy (non-hydrogen) atoms. The number of hydrogen-bond donors (Lipinski definition) is 0. The average Bonchev–Trinajstić information content (AvgIpc) is 3.21. The van der Waals surface area contributed by atoms with Crippen molar-refractivity contribution in [3.8, 4) is 0 Å². The van der Waals surface area contributed by atoms with Gasteiger partial charge >= 0.3 is 5.97 Å². The summed E-state index contributed by atoms with van der Waals surface area (Å²) in [5, 5.41) is 0. The summed E-state index contributed by atoms with van der Waals surface area (Å²) in [5.41, 5.74) is 1.16. The van der Waals surface area contributed by atoms with E-state index in [2.05, 4.69) is 11.9 Å². The predicted octanol–water partition coefficient (Wildman–Crippen LogP) is 3.63. The number of carbonyl (C=O) groups excluding carboxylic acids is 1.